The van der Waals surface area contributed by atoms with Gasteiger partial charge in [-0.25, -0.2) is 9.48 Å². The molecule has 1 aliphatic heterocycles. The number of aliphatic carboxylic acids is 1. The lowest BCUT2D eigenvalue weighted by Crippen LogP contribution is -2.55. The topological polar surface area (TPSA) is 122 Å². The monoisotopic (exact) mass is 446 g/mol. The Labute approximate surface area is 183 Å². The van der Waals surface area contributed by atoms with Gasteiger partial charge in [0.15, 0.2) is 0 Å². The Balaban J connectivity index is 1.31. The van der Waals surface area contributed by atoms with Crippen molar-refractivity contribution in [3.63, 3.8) is 0 Å². The predicted molar refractivity (Wildman–Crippen MR) is 109 cm³/mol. The van der Waals surface area contributed by atoms with E-state index in [-0.39, 0.29) is 18.4 Å². The highest BCUT2D eigenvalue weighted by Gasteiger charge is 2.53. The molecule has 0 aromatic carbocycles. The minimum Gasteiger partial charge on any atom is -0.480 e. The highest BCUT2D eigenvalue weighted by atomic mass is 35.5. The molecule has 2 fully saturated rings. The average molecular weight is 447 g/mol. The normalized spacial score (nSPS) is 22.0. The third-order valence-corrected chi connectivity index (χ3v) is 6.34. The molecule has 2 aliphatic rings. The van der Waals surface area contributed by atoms with Crippen molar-refractivity contribution in [3.8, 4) is 0 Å². The minimum absolute atomic E-state index is 0.146. The van der Waals surface area contributed by atoms with Crippen molar-refractivity contribution in [3.05, 3.63) is 40.4 Å². The number of likely N-dealkylation sites (tertiary alicyclic amines) is 1. The van der Waals surface area contributed by atoms with Crippen LogP contribution in [-0.2, 0) is 27.5 Å². The van der Waals surface area contributed by atoms with E-state index in [1.165, 1.54) is 9.80 Å². The maximum Gasteiger partial charge on any atom is 0.326 e. The van der Waals surface area contributed by atoms with Crippen molar-refractivity contribution in [2.45, 2.75) is 38.9 Å². The largest absolute Gasteiger partial charge is 0.480 e. The Kier molecular flexibility index (Phi) is 5.65. The molecule has 0 radical (unpaired) electrons. The maximum atomic E-state index is 12.7. The van der Waals surface area contributed by atoms with Crippen LogP contribution in [0.25, 0.3) is 0 Å². The van der Waals surface area contributed by atoms with E-state index in [0.717, 1.165) is 11.3 Å². The second kappa shape index (κ2) is 8.26. The first kappa shape index (κ1) is 21.2. The van der Waals surface area contributed by atoms with Gasteiger partial charge >= 0.3 is 5.97 Å². The summed E-state index contributed by atoms with van der Waals surface area (Å²) in [6.45, 7) is 3.00. The lowest BCUT2D eigenvalue weighted by atomic mass is 10.0. The Morgan fingerprint density at radius 2 is 2.10 bits per heavy atom. The number of carboxylic acid groups (broad SMARTS) is 1. The van der Waals surface area contributed by atoms with Crippen molar-refractivity contribution in [2.75, 3.05) is 13.6 Å². The summed E-state index contributed by atoms with van der Waals surface area (Å²) in [4.78, 5) is 43.5. The molecule has 1 unspecified atom stereocenters. The van der Waals surface area contributed by atoms with Gasteiger partial charge in [0.2, 0.25) is 11.8 Å². The van der Waals surface area contributed by atoms with E-state index in [4.69, 9.17) is 16.7 Å². The van der Waals surface area contributed by atoms with Crippen LogP contribution in [0.4, 0.5) is 0 Å². The standard InChI is InChI=1S/C20H23ClN6O4/c1-11-15(21)3-5-22-16(11)10-26-9-12(23-24-26)8-25(2)18(28)13-7-14(13)19(29)27-6-4-17(27)20(30)31/h3,5,9,13-14,17H,4,6-8,10H2,1-2H3,(H,30,31)/t13-,14+,17?/m1/s1. The van der Waals surface area contributed by atoms with E-state index in [9.17, 15) is 14.4 Å². The summed E-state index contributed by atoms with van der Waals surface area (Å²) < 4.78 is 1.64. The zero-order valence-corrected chi connectivity index (χ0v) is 18.0. The molecule has 11 heteroatoms. The first-order valence-corrected chi connectivity index (χ1v) is 10.4. The number of pyridine rings is 1. The van der Waals surface area contributed by atoms with Crippen molar-refractivity contribution in [1.29, 1.82) is 0 Å². The van der Waals surface area contributed by atoms with Crippen LogP contribution in [0.1, 0.15) is 29.8 Å². The summed E-state index contributed by atoms with van der Waals surface area (Å²) >= 11 is 6.13. The lowest BCUT2D eigenvalue weighted by molar-refractivity contribution is -0.158. The quantitative estimate of drug-likeness (QED) is 0.672. The van der Waals surface area contributed by atoms with Crippen LogP contribution in [-0.4, -0.2) is 72.3 Å². The summed E-state index contributed by atoms with van der Waals surface area (Å²) in [5.74, 6) is -2.20. The van der Waals surface area contributed by atoms with Crippen molar-refractivity contribution in [2.24, 2.45) is 11.8 Å². The number of amides is 2. The summed E-state index contributed by atoms with van der Waals surface area (Å²) in [5, 5.41) is 18.0. The van der Waals surface area contributed by atoms with Crippen molar-refractivity contribution < 1.29 is 19.5 Å². The molecule has 4 rings (SSSR count). The molecule has 3 atom stereocenters. The minimum atomic E-state index is -0.994. The molecule has 1 saturated carbocycles. The first-order chi connectivity index (χ1) is 14.8. The Hall–Kier alpha value is -3.01. The number of carbonyl (C=O) groups is 3. The third kappa shape index (κ3) is 4.25. The van der Waals surface area contributed by atoms with Crippen LogP contribution in [0, 0.1) is 18.8 Å². The van der Waals surface area contributed by atoms with Crippen molar-refractivity contribution >= 4 is 29.4 Å². The maximum absolute atomic E-state index is 12.7. The number of hydrogen-bond donors (Lipinski definition) is 1. The molecule has 1 saturated heterocycles. The fourth-order valence-electron chi connectivity index (χ4n) is 3.82. The van der Waals surface area contributed by atoms with Gasteiger partial charge in [-0.1, -0.05) is 16.8 Å². The summed E-state index contributed by atoms with van der Waals surface area (Å²) in [7, 11) is 1.66. The Morgan fingerprint density at radius 3 is 2.77 bits per heavy atom. The lowest BCUT2D eigenvalue weighted by Gasteiger charge is -2.38. The zero-order chi connectivity index (χ0) is 22.3. The van der Waals surface area contributed by atoms with E-state index < -0.39 is 23.8 Å². The Bertz CT molecular complexity index is 1040. The summed E-state index contributed by atoms with van der Waals surface area (Å²) in [6, 6.07) is 0.974. The van der Waals surface area contributed by atoms with Gasteiger partial charge in [-0.2, -0.15) is 0 Å². The molecule has 0 spiro atoms. The fraction of sp³-hybridized carbons (Fsp3) is 0.500. The summed E-state index contributed by atoms with van der Waals surface area (Å²) in [5.41, 5.74) is 2.29. The van der Waals surface area contributed by atoms with E-state index in [0.29, 0.717) is 36.6 Å². The van der Waals surface area contributed by atoms with Crippen LogP contribution in [0.15, 0.2) is 18.5 Å². The van der Waals surface area contributed by atoms with Gasteiger partial charge in [-0.05, 0) is 31.4 Å². The predicted octanol–water partition coefficient (Wildman–Crippen LogP) is 0.963. The van der Waals surface area contributed by atoms with Crippen molar-refractivity contribution in [1.82, 2.24) is 29.8 Å². The number of rotatable bonds is 7. The van der Waals surface area contributed by atoms with Gasteiger partial charge < -0.3 is 14.9 Å². The van der Waals surface area contributed by atoms with Crippen LogP contribution in [0.3, 0.4) is 0 Å². The third-order valence-electron chi connectivity index (χ3n) is 5.93. The number of nitrogens with zero attached hydrogens (tertiary/aromatic N) is 6. The van der Waals surface area contributed by atoms with Gasteiger partial charge in [-0.15, -0.1) is 5.10 Å². The second-order valence-electron chi connectivity index (χ2n) is 8.09. The summed E-state index contributed by atoms with van der Waals surface area (Å²) in [6.07, 6.45) is 4.31. The van der Waals surface area contributed by atoms with E-state index >= 15 is 0 Å². The first-order valence-electron chi connectivity index (χ1n) is 10.0. The molecule has 31 heavy (non-hydrogen) atoms. The number of carbonyl (C=O) groups excluding carboxylic acids is 2. The van der Waals surface area contributed by atoms with Crippen LogP contribution >= 0.6 is 11.6 Å². The molecule has 2 aromatic rings. The molecule has 10 nitrogen and oxygen atoms in total. The van der Waals surface area contributed by atoms with Gasteiger partial charge in [-0.3, -0.25) is 14.6 Å². The fourth-order valence-corrected chi connectivity index (χ4v) is 3.98. The van der Waals surface area contributed by atoms with E-state index in [1.54, 1.807) is 30.2 Å². The number of hydrogen-bond acceptors (Lipinski definition) is 6. The number of aromatic nitrogens is 4. The average Bonchev–Trinajstić information content (AvgIpc) is 3.37. The van der Waals surface area contributed by atoms with Crippen LogP contribution in [0.5, 0.6) is 0 Å². The van der Waals surface area contributed by atoms with Crippen LogP contribution in [0.2, 0.25) is 5.02 Å². The molecule has 3 heterocycles. The van der Waals surface area contributed by atoms with Gasteiger partial charge in [0.1, 0.15) is 11.7 Å². The molecular weight excluding hydrogens is 424 g/mol. The van der Waals surface area contributed by atoms with Gasteiger partial charge in [0.25, 0.3) is 0 Å². The Morgan fingerprint density at radius 1 is 1.32 bits per heavy atom. The second-order valence-corrected chi connectivity index (χ2v) is 8.50. The molecule has 164 valence electrons. The van der Waals surface area contributed by atoms with Crippen LogP contribution < -0.4 is 0 Å². The molecule has 0 bridgehead atoms. The molecular formula is C20H23ClN6O4. The SMILES string of the molecule is Cc1c(Cl)ccnc1Cn1cc(CN(C)C(=O)[C@@H]2C[C@@H]2C(=O)N2CCC2C(=O)O)nn1. The molecule has 1 N–H and O–H groups in total. The van der Waals surface area contributed by atoms with E-state index in [1.807, 2.05) is 6.92 Å². The smallest absolute Gasteiger partial charge is 0.326 e. The molecule has 2 aromatic heterocycles. The molecule has 1 aliphatic carbocycles. The highest BCUT2D eigenvalue weighted by molar-refractivity contribution is 6.31. The van der Waals surface area contributed by atoms with Gasteiger partial charge in [0.05, 0.1) is 36.8 Å². The molecule has 2 amide bonds. The number of carboxylic acids is 1. The zero-order valence-electron chi connectivity index (χ0n) is 17.2. The van der Waals surface area contributed by atoms with E-state index in [2.05, 4.69) is 15.3 Å². The number of halogens is 1. The van der Waals surface area contributed by atoms with Gasteiger partial charge in [0, 0.05) is 24.8 Å². The highest BCUT2D eigenvalue weighted by Crippen LogP contribution is 2.42.